The van der Waals surface area contributed by atoms with Crippen LogP contribution in [-0.4, -0.2) is 13.3 Å². The van der Waals surface area contributed by atoms with E-state index >= 15 is 0 Å². The van der Waals surface area contributed by atoms with E-state index in [1.165, 1.54) is 18.4 Å². The highest BCUT2D eigenvalue weighted by Crippen LogP contribution is 2.35. The zero-order valence-corrected chi connectivity index (χ0v) is 9.74. The van der Waals surface area contributed by atoms with Gasteiger partial charge >= 0.3 is 0 Å². The van der Waals surface area contributed by atoms with Gasteiger partial charge in [-0.2, -0.15) is 0 Å². The third kappa shape index (κ3) is 2.47. The maximum absolute atomic E-state index is 5.49. The minimum atomic E-state index is 0.348. The molecule has 3 heteroatoms. The van der Waals surface area contributed by atoms with Crippen LogP contribution in [0.3, 0.4) is 0 Å². The molecule has 1 atom stereocenters. The number of hydrogen-bond donors (Lipinski definition) is 1. The molecule has 1 aliphatic heterocycles. The zero-order chi connectivity index (χ0) is 11.4. The first-order valence-corrected chi connectivity index (χ1v) is 5.91. The molecule has 0 spiro atoms. The second-order valence-corrected chi connectivity index (χ2v) is 4.30. The summed E-state index contributed by atoms with van der Waals surface area (Å²) in [6.45, 7) is 3.38. The van der Waals surface area contributed by atoms with Crippen LogP contribution in [0.2, 0.25) is 0 Å². The standard InChI is InChI=1S/C13H19NO2/c1-10(4-2-3-7-14)11-5-6-12-13(8-11)16-9-15-12/h5-6,8,10H,2-4,7,9,14H2,1H3. The van der Waals surface area contributed by atoms with E-state index in [1.54, 1.807) is 0 Å². The lowest BCUT2D eigenvalue weighted by Gasteiger charge is -2.11. The highest BCUT2D eigenvalue weighted by molar-refractivity contribution is 5.45. The molecule has 1 unspecified atom stereocenters. The van der Waals surface area contributed by atoms with Gasteiger partial charge in [0.25, 0.3) is 0 Å². The fourth-order valence-corrected chi connectivity index (χ4v) is 1.98. The van der Waals surface area contributed by atoms with E-state index in [4.69, 9.17) is 15.2 Å². The van der Waals surface area contributed by atoms with Crippen LogP contribution >= 0.6 is 0 Å². The minimum absolute atomic E-state index is 0.348. The Hall–Kier alpha value is -1.22. The molecule has 2 N–H and O–H groups in total. The highest BCUT2D eigenvalue weighted by atomic mass is 16.7. The van der Waals surface area contributed by atoms with Crippen LogP contribution in [-0.2, 0) is 0 Å². The zero-order valence-electron chi connectivity index (χ0n) is 9.74. The normalized spacial score (nSPS) is 15.1. The molecule has 2 rings (SSSR count). The van der Waals surface area contributed by atoms with Crippen LogP contribution in [0.4, 0.5) is 0 Å². The Labute approximate surface area is 96.5 Å². The summed E-state index contributed by atoms with van der Waals surface area (Å²) in [6.07, 6.45) is 3.47. The van der Waals surface area contributed by atoms with E-state index in [2.05, 4.69) is 19.1 Å². The van der Waals surface area contributed by atoms with Crippen molar-refractivity contribution in [1.82, 2.24) is 0 Å². The molecule has 0 fully saturated rings. The number of benzene rings is 1. The van der Waals surface area contributed by atoms with Crippen molar-refractivity contribution in [2.75, 3.05) is 13.3 Å². The smallest absolute Gasteiger partial charge is 0.231 e. The lowest BCUT2D eigenvalue weighted by molar-refractivity contribution is 0.174. The number of hydrogen-bond acceptors (Lipinski definition) is 3. The lowest BCUT2D eigenvalue weighted by atomic mass is 9.95. The number of ether oxygens (including phenoxy) is 2. The van der Waals surface area contributed by atoms with Crippen LogP contribution in [0.25, 0.3) is 0 Å². The fraction of sp³-hybridized carbons (Fsp3) is 0.538. The Morgan fingerprint density at radius 1 is 1.25 bits per heavy atom. The minimum Gasteiger partial charge on any atom is -0.454 e. The molecule has 0 bridgehead atoms. The van der Waals surface area contributed by atoms with Gasteiger partial charge in [-0.05, 0) is 43.0 Å². The van der Waals surface area contributed by atoms with Crippen LogP contribution < -0.4 is 15.2 Å². The summed E-state index contributed by atoms with van der Waals surface area (Å²) in [5.41, 5.74) is 6.81. The van der Waals surface area contributed by atoms with Crippen molar-refractivity contribution in [1.29, 1.82) is 0 Å². The molecule has 0 radical (unpaired) electrons. The molecule has 1 aromatic carbocycles. The fourth-order valence-electron chi connectivity index (χ4n) is 1.98. The summed E-state index contributed by atoms with van der Waals surface area (Å²) in [7, 11) is 0. The van der Waals surface area contributed by atoms with E-state index in [0.29, 0.717) is 12.7 Å². The molecule has 3 nitrogen and oxygen atoms in total. The van der Waals surface area contributed by atoms with Crippen LogP contribution in [0, 0.1) is 0 Å². The van der Waals surface area contributed by atoms with Crippen molar-refractivity contribution in [2.24, 2.45) is 5.73 Å². The molecule has 16 heavy (non-hydrogen) atoms. The summed E-state index contributed by atoms with van der Waals surface area (Å²) in [5, 5.41) is 0. The maximum atomic E-state index is 5.49. The molecule has 0 aromatic heterocycles. The molecule has 0 saturated heterocycles. The molecule has 1 heterocycles. The van der Waals surface area contributed by atoms with Crippen LogP contribution in [0.15, 0.2) is 18.2 Å². The van der Waals surface area contributed by atoms with Crippen molar-refractivity contribution < 1.29 is 9.47 Å². The SMILES string of the molecule is CC(CCCCN)c1ccc2c(c1)OCO2. The average molecular weight is 221 g/mol. The predicted octanol–water partition coefficient (Wildman–Crippen LogP) is 2.65. The summed E-state index contributed by atoms with van der Waals surface area (Å²) < 4.78 is 10.7. The number of fused-ring (bicyclic) bond motifs is 1. The Morgan fingerprint density at radius 3 is 2.88 bits per heavy atom. The third-order valence-corrected chi connectivity index (χ3v) is 3.06. The Kier molecular flexibility index (Phi) is 3.67. The summed E-state index contributed by atoms with van der Waals surface area (Å²) >= 11 is 0. The lowest BCUT2D eigenvalue weighted by Crippen LogP contribution is -2.00. The summed E-state index contributed by atoms with van der Waals surface area (Å²) in [5.74, 6) is 2.29. The van der Waals surface area contributed by atoms with E-state index in [1.807, 2.05) is 6.07 Å². The second kappa shape index (κ2) is 5.21. The third-order valence-electron chi connectivity index (χ3n) is 3.06. The Balaban J connectivity index is 1.98. The quantitative estimate of drug-likeness (QED) is 0.777. The Bertz CT molecular complexity index is 352. The molecule has 88 valence electrons. The van der Waals surface area contributed by atoms with E-state index in [-0.39, 0.29) is 0 Å². The first-order valence-electron chi connectivity index (χ1n) is 5.91. The van der Waals surface area contributed by atoms with E-state index < -0.39 is 0 Å². The van der Waals surface area contributed by atoms with Gasteiger partial charge in [0, 0.05) is 0 Å². The second-order valence-electron chi connectivity index (χ2n) is 4.30. The van der Waals surface area contributed by atoms with E-state index in [9.17, 15) is 0 Å². The molecule has 1 aromatic rings. The van der Waals surface area contributed by atoms with E-state index in [0.717, 1.165) is 24.5 Å². The first kappa shape index (κ1) is 11.3. The molecular weight excluding hydrogens is 202 g/mol. The highest BCUT2D eigenvalue weighted by Gasteiger charge is 2.15. The summed E-state index contributed by atoms with van der Waals surface area (Å²) in [4.78, 5) is 0. The Morgan fingerprint density at radius 2 is 2.06 bits per heavy atom. The van der Waals surface area contributed by atoms with Crippen molar-refractivity contribution in [3.05, 3.63) is 23.8 Å². The number of rotatable bonds is 5. The number of unbranched alkanes of at least 4 members (excludes halogenated alkanes) is 1. The van der Waals surface area contributed by atoms with Gasteiger partial charge in [-0.25, -0.2) is 0 Å². The molecule has 0 amide bonds. The topological polar surface area (TPSA) is 44.5 Å². The predicted molar refractivity (Wildman–Crippen MR) is 63.9 cm³/mol. The van der Waals surface area contributed by atoms with Crippen LogP contribution in [0.1, 0.15) is 37.7 Å². The van der Waals surface area contributed by atoms with Gasteiger partial charge in [0.2, 0.25) is 6.79 Å². The van der Waals surface area contributed by atoms with Crippen LogP contribution in [0.5, 0.6) is 11.5 Å². The van der Waals surface area contributed by atoms with Gasteiger partial charge in [0.1, 0.15) is 0 Å². The van der Waals surface area contributed by atoms with Crippen molar-refractivity contribution in [3.8, 4) is 11.5 Å². The largest absolute Gasteiger partial charge is 0.454 e. The average Bonchev–Trinajstić information content (AvgIpc) is 2.76. The molecule has 1 aliphatic rings. The molecule has 0 aliphatic carbocycles. The van der Waals surface area contributed by atoms with Crippen molar-refractivity contribution in [3.63, 3.8) is 0 Å². The monoisotopic (exact) mass is 221 g/mol. The van der Waals surface area contributed by atoms with Gasteiger partial charge in [0.05, 0.1) is 0 Å². The number of nitrogens with two attached hydrogens (primary N) is 1. The van der Waals surface area contributed by atoms with Crippen molar-refractivity contribution in [2.45, 2.75) is 32.1 Å². The van der Waals surface area contributed by atoms with Gasteiger partial charge in [0.15, 0.2) is 11.5 Å². The maximum Gasteiger partial charge on any atom is 0.231 e. The van der Waals surface area contributed by atoms with Gasteiger partial charge in [-0.3, -0.25) is 0 Å². The summed E-state index contributed by atoms with van der Waals surface area (Å²) in [6, 6.07) is 6.22. The molecular formula is C13H19NO2. The van der Waals surface area contributed by atoms with Gasteiger partial charge in [-0.1, -0.05) is 19.4 Å². The first-order chi connectivity index (χ1) is 7.81. The van der Waals surface area contributed by atoms with Crippen molar-refractivity contribution >= 4 is 0 Å². The van der Waals surface area contributed by atoms with Gasteiger partial charge < -0.3 is 15.2 Å². The molecule has 0 saturated carbocycles. The van der Waals surface area contributed by atoms with Gasteiger partial charge in [-0.15, -0.1) is 0 Å².